The van der Waals surface area contributed by atoms with Gasteiger partial charge in [0.2, 0.25) is 0 Å². The lowest BCUT2D eigenvalue weighted by Crippen LogP contribution is -2.39. The van der Waals surface area contributed by atoms with Crippen molar-refractivity contribution in [3.05, 3.63) is 25.9 Å². The van der Waals surface area contributed by atoms with Crippen LogP contribution < -0.4 is 11.1 Å². The van der Waals surface area contributed by atoms with Gasteiger partial charge in [-0.05, 0) is 32.2 Å². The van der Waals surface area contributed by atoms with E-state index >= 15 is 0 Å². The van der Waals surface area contributed by atoms with E-state index in [1.165, 1.54) is 6.07 Å². The number of nitrogens with two attached hydrogens (primary N) is 1. The summed E-state index contributed by atoms with van der Waals surface area (Å²) in [4.78, 5) is 23.3. The van der Waals surface area contributed by atoms with Crippen molar-refractivity contribution in [2.45, 2.75) is 32.2 Å². The van der Waals surface area contributed by atoms with Crippen LogP contribution in [0, 0.1) is 23.0 Å². The van der Waals surface area contributed by atoms with E-state index in [0.29, 0.717) is 22.2 Å². The number of carbonyl (C=O) groups excluding carboxylic acids is 1. The first-order valence-electron chi connectivity index (χ1n) is 6.28. The summed E-state index contributed by atoms with van der Waals surface area (Å²) in [5.74, 6) is 0.0894. The van der Waals surface area contributed by atoms with Crippen LogP contribution in [0.1, 0.15) is 33.8 Å². The average molecular weight is 283 g/mol. The fourth-order valence-corrected chi connectivity index (χ4v) is 3.40. The number of aryl methyl sites for hydroxylation is 1. The second-order valence-electron chi connectivity index (χ2n) is 4.82. The average Bonchev–Trinajstić information content (AvgIpc) is 2.95. The van der Waals surface area contributed by atoms with Gasteiger partial charge in [-0.1, -0.05) is 6.42 Å². The highest BCUT2D eigenvalue weighted by molar-refractivity contribution is 7.14. The van der Waals surface area contributed by atoms with Crippen LogP contribution in [0.4, 0.5) is 5.69 Å². The maximum absolute atomic E-state index is 12.1. The summed E-state index contributed by atoms with van der Waals surface area (Å²) in [6.45, 7) is 2.21. The zero-order chi connectivity index (χ0) is 14.0. The van der Waals surface area contributed by atoms with Gasteiger partial charge in [-0.2, -0.15) is 0 Å². The van der Waals surface area contributed by atoms with Gasteiger partial charge in [0.05, 0.1) is 14.7 Å². The van der Waals surface area contributed by atoms with Gasteiger partial charge >= 0.3 is 0 Å². The van der Waals surface area contributed by atoms with Gasteiger partial charge in [0, 0.05) is 12.1 Å². The highest BCUT2D eigenvalue weighted by Crippen LogP contribution is 2.29. The van der Waals surface area contributed by atoms with Crippen LogP contribution in [-0.2, 0) is 0 Å². The molecule has 7 heteroatoms. The zero-order valence-electron chi connectivity index (χ0n) is 10.7. The molecule has 6 nitrogen and oxygen atoms in total. The third-order valence-corrected chi connectivity index (χ3v) is 4.63. The second kappa shape index (κ2) is 5.66. The standard InChI is InChI=1S/C12H17N3O3S/c1-7-10(15(17)18)5-11(19-7)12(16)14-9-4-2-3-8(9)6-13/h5,8-9H,2-4,6,13H2,1H3,(H,14,16). The molecule has 0 bridgehead atoms. The summed E-state index contributed by atoms with van der Waals surface area (Å²) in [7, 11) is 0. The minimum atomic E-state index is -0.457. The summed E-state index contributed by atoms with van der Waals surface area (Å²) < 4.78 is 0. The Balaban J connectivity index is 2.08. The minimum absolute atomic E-state index is 0.0111. The lowest BCUT2D eigenvalue weighted by molar-refractivity contribution is -0.385. The molecule has 0 saturated heterocycles. The van der Waals surface area contributed by atoms with E-state index in [-0.39, 0.29) is 17.6 Å². The van der Waals surface area contributed by atoms with Gasteiger partial charge in [0.25, 0.3) is 11.6 Å². The third kappa shape index (κ3) is 2.93. The topological polar surface area (TPSA) is 98.3 Å². The largest absolute Gasteiger partial charge is 0.348 e. The molecule has 0 aromatic carbocycles. The first-order chi connectivity index (χ1) is 9.02. The number of nitro groups is 1. The van der Waals surface area contributed by atoms with Crippen molar-refractivity contribution < 1.29 is 9.72 Å². The molecule has 1 fully saturated rings. The van der Waals surface area contributed by atoms with Crippen molar-refractivity contribution in [1.82, 2.24) is 5.32 Å². The van der Waals surface area contributed by atoms with Gasteiger partial charge in [-0.25, -0.2) is 0 Å². The lowest BCUT2D eigenvalue weighted by Gasteiger charge is -2.18. The SMILES string of the molecule is Cc1sc(C(=O)NC2CCCC2CN)cc1[N+](=O)[O-]. The van der Waals surface area contributed by atoms with Crippen LogP contribution in [0.5, 0.6) is 0 Å². The van der Waals surface area contributed by atoms with E-state index in [1.807, 2.05) is 0 Å². The van der Waals surface area contributed by atoms with E-state index in [0.717, 1.165) is 30.6 Å². The van der Waals surface area contributed by atoms with Crippen LogP contribution in [0.25, 0.3) is 0 Å². The molecule has 2 unspecified atom stereocenters. The van der Waals surface area contributed by atoms with Gasteiger partial charge in [0.15, 0.2) is 0 Å². The van der Waals surface area contributed by atoms with Crippen molar-refractivity contribution in [2.75, 3.05) is 6.54 Å². The summed E-state index contributed by atoms with van der Waals surface area (Å²) in [6.07, 6.45) is 3.03. The van der Waals surface area contributed by atoms with Crippen LogP contribution in [0.2, 0.25) is 0 Å². The highest BCUT2D eigenvalue weighted by Gasteiger charge is 2.29. The maximum Gasteiger partial charge on any atom is 0.283 e. The Kier molecular flexibility index (Phi) is 4.16. The number of nitrogens with zero attached hydrogens (tertiary/aromatic N) is 1. The van der Waals surface area contributed by atoms with Crippen molar-refractivity contribution in [1.29, 1.82) is 0 Å². The predicted octanol–water partition coefficient (Wildman–Crippen LogP) is 1.82. The highest BCUT2D eigenvalue weighted by atomic mass is 32.1. The van der Waals surface area contributed by atoms with E-state index in [1.54, 1.807) is 6.92 Å². The Morgan fingerprint density at radius 1 is 1.63 bits per heavy atom. The van der Waals surface area contributed by atoms with Gasteiger partial charge in [0.1, 0.15) is 0 Å². The third-order valence-electron chi connectivity index (χ3n) is 3.59. The van der Waals surface area contributed by atoms with E-state index in [9.17, 15) is 14.9 Å². The number of rotatable bonds is 4. The lowest BCUT2D eigenvalue weighted by atomic mass is 10.0. The molecule has 104 valence electrons. The molecule has 1 aromatic heterocycles. The number of hydrogen-bond acceptors (Lipinski definition) is 5. The number of thiophene rings is 1. The van der Waals surface area contributed by atoms with Crippen molar-refractivity contribution in [3.8, 4) is 0 Å². The van der Waals surface area contributed by atoms with Crippen LogP contribution in [0.15, 0.2) is 6.07 Å². The normalized spacial score (nSPS) is 22.4. The molecule has 19 heavy (non-hydrogen) atoms. The molecular formula is C12H17N3O3S. The van der Waals surface area contributed by atoms with Gasteiger partial charge in [-0.3, -0.25) is 14.9 Å². The Morgan fingerprint density at radius 2 is 2.37 bits per heavy atom. The molecule has 1 amide bonds. The first kappa shape index (κ1) is 14.0. The molecule has 2 atom stereocenters. The smallest absolute Gasteiger partial charge is 0.283 e. The molecule has 0 radical (unpaired) electrons. The fraction of sp³-hybridized carbons (Fsp3) is 0.583. The molecule has 1 aliphatic carbocycles. The van der Waals surface area contributed by atoms with Crippen molar-refractivity contribution in [3.63, 3.8) is 0 Å². The quantitative estimate of drug-likeness (QED) is 0.650. The monoisotopic (exact) mass is 283 g/mol. The Labute approximate surface area is 115 Å². The van der Waals surface area contributed by atoms with Crippen LogP contribution in [0.3, 0.4) is 0 Å². The Bertz CT molecular complexity index is 500. The number of amides is 1. The summed E-state index contributed by atoms with van der Waals surface area (Å²) >= 11 is 1.16. The molecule has 3 N–H and O–H groups in total. The first-order valence-corrected chi connectivity index (χ1v) is 7.10. The van der Waals surface area contributed by atoms with Crippen LogP contribution >= 0.6 is 11.3 Å². The molecule has 1 aliphatic rings. The minimum Gasteiger partial charge on any atom is -0.348 e. The summed E-state index contributed by atoms with van der Waals surface area (Å²) in [5.41, 5.74) is 5.68. The van der Waals surface area contributed by atoms with Crippen molar-refractivity contribution >= 4 is 22.9 Å². The molecule has 1 heterocycles. The Morgan fingerprint density at radius 3 is 2.95 bits per heavy atom. The molecule has 1 saturated carbocycles. The second-order valence-corrected chi connectivity index (χ2v) is 6.07. The van der Waals surface area contributed by atoms with E-state index in [2.05, 4.69) is 5.32 Å². The van der Waals surface area contributed by atoms with Gasteiger partial charge < -0.3 is 11.1 Å². The summed E-state index contributed by atoms with van der Waals surface area (Å²) in [5, 5.41) is 13.7. The fourth-order valence-electron chi connectivity index (χ4n) is 2.51. The van der Waals surface area contributed by atoms with Gasteiger partial charge in [-0.15, -0.1) is 11.3 Å². The zero-order valence-corrected chi connectivity index (χ0v) is 11.5. The number of hydrogen-bond donors (Lipinski definition) is 2. The molecule has 1 aromatic rings. The van der Waals surface area contributed by atoms with E-state index in [4.69, 9.17) is 5.73 Å². The molecule has 0 spiro atoms. The Hall–Kier alpha value is -1.47. The number of carbonyl (C=O) groups is 1. The van der Waals surface area contributed by atoms with Crippen LogP contribution in [-0.4, -0.2) is 23.4 Å². The van der Waals surface area contributed by atoms with Crippen molar-refractivity contribution in [2.24, 2.45) is 11.7 Å². The molecule has 0 aliphatic heterocycles. The maximum atomic E-state index is 12.1. The predicted molar refractivity (Wildman–Crippen MR) is 73.4 cm³/mol. The number of nitrogens with one attached hydrogen (secondary N) is 1. The molecule has 2 rings (SSSR count). The molecular weight excluding hydrogens is 266 g/mol. The van der Waals surface area contributed by atoms with E-state index < -0.39 is 4.92 Å². The summed E-state index contributed by atoms with van der Waals surface area (Å²) in [6, 6.07) is 1.45.